The minimum atomic E-state index is -0.334. The molecule has 7 nitrogen and oxygen atoms in total. The largest absolute Gasteiger partial charge is 0.468 e. The van der Waals surface area contributed by atoms with Crippen LogP contribution >= 0.6 is 11.8 Å². The monoisotopic (exact) mass is 310 g/mol. The van der Waals surface area contributed by atoms with Crippen LogP contribution in [0.3, 0.4) is 0 Å². The highest BCUT2D eigenvalue weighted by Gasteiger charge is 2.20. The Morgan fingerprint density at radius 3 is 2.67 bits per heavy atom. The summed E-state index contributed by atoms with van der Waals surface area (Å²) in [6.07, 6.45) is 0. The molecule has 21 heavy (non-hydrogen) atoms. The van der Waals surface area contributed by atoms with E-state index in [2.05, 4.69) is 33.9 Å². The van der Waals surface area contributed by atoms with Crippen molar-refractivity contribution < 1.29 is 13.9 Å². The van der Waals surface area contributed by atoms with Crippen LogP contribution < -0.4 is 0 Å². The Morgan fingerprint density at radius 1 is 1.38 bits per heavy atom. The zero-order valence-corrected chi connectivity index (χ0v) is 13.5. The van der Waals surface area contributed by atoms with Crippen LogP contribution in [0.25, 0.3) is 11.5 Å². The van der Waals surface area contributed by atoms with Crippen molar-refractivity contribution in [2.45, 2.75) is 39.0 Å². The number of esters is 1. The second-order valence-electron chi connectivity index (χ2n) is 4.82. The molecule has 0 amide bonds. The molecule has 0 fully saturated rings. The van der Waals surface area contributed by atoms with Crippen LogP contribution in [0.2, 0.25) is 0 Å². The lowest BCUT2D eigenvalue weighted by Crippen LogP contribution is -2.04. The molecule has 2 aromatic rings. The molecular formula is C13H18N4O3S. The van der Waals surface area contributed by atoms with E-state index in [1.165, 1.54) is 7.11 Å². The summed E-state index contributed by atoms with van der Waals surface area (Å²) in [5.41, 5.74) is 2.67. The number of aryl methyl sites for hydroxylation is 1. The Kier molecular flexibility index (Phi) is 4.66. The number of hydrogen-bond acceptors (Lipinski definition) is 7. The van der Waals surface area contributed by atoms with Gasteiger partial charge in [0, 0.05) is 11.7 Å². The van der Waals surface area contributed by atoms with Crippen LogP contribution in [0.1, 0.15) is 31.3 Å². The average Bonchev–Trinajstić information content (AvgIpc) is 3.00. The van der Waals surface area contributed by atoms with Gasteiger partial charge in [0.1, 0.15) is 5.75 Å². The minimum absolute atomic E-state index is 0.140. The van der Waals surface area contributed by atoms with Gasteiger partial charge in [0.15, 0.2) is 0 Å². The zero-order valence-electron chi connectivity index (χ0n) is 12.7. The van der Waals surface area contributed by atoms with Gasteiger partial charge in [0.05, 0.1) is 18.4 Å². The van der Waals surface area contributed by atoms with E-state index in [9.17, 15) is 4.79 Å². The van der Waals surface area contributed by atoms with Crippen molar-refractivity contribution >= 4 is 17.7 Å². The van der Waals surface area contributed by atoms with Crippen molar-refractivity contribution in [1.82, 2.24) is 20.0 Å². The third-order valence-electron chi connectivity index (χ3n) is 2.98. The molecule has 0 bridgehead atoms. The summed E-state index contributed by atoms with van der Waals surface area (Å²) in [4.78, 5) is 11.1. The number of ether oxygens (including phenoxy) is 1. The van der Waals surface area contributed by atoms with Gasteiger partial charge in [0.25, 0.3) is 11.1 Å². The van der Waals surface area contributed by atoms with Crippen LogP contribution in [-0.2, 0) is 9.53 Å². The van der Waals surface area contributed by atoms with Gasteiger partial charge in [-0.1, -0.05) is 11.8 Å². The normalized spacial score (nSPS) is 11.1. The molecule has 2 heterocycles. The molecule has 0 aliphatic rings. The maximum Gasteiger partial charge on any atom is 0.316 e. The number of carbonyl (C=O) groups is 1. The molecule has 2 rings (SSSR count). The van der Waals surface area contributed by atoms with E-state index in [0.29, 0.717) is 11.1 Å². The molecule has 0 saturated carbocycles. The first-order chi connectivity index (χ1) is 9.93. The second kappa shape index (κ2) is 6.30. The standard InChI is InChI=1S/C13H18N4O3S/c1-7(2)17-9(4)11(8(3)16-17)12-14-15-13(20-12)21-6-10(18)19-5/h7H,6H2,1-5H3. The third kappa shape index (κ3) is 3.26. The summed E-state index contributed by atoms with van der Waals surface area (Å²) in [5.74, 6) is 0.227. The fraction of sp³-hybridized carbons (Fsp3) is 0.538. The highest BCUT2D eigenvalue weighted by molar-refractivity contribution is 7.99. The first kappa shape index (κ1) is 15.6. The SMILES string of the molecule is COC(=O)CSc1nnc(-c2c(C)nn(C(C)C)c2C)o1. The highest BCUT2D eigenvalue weighted by atomic mass is 32.2. The molecule has 0 saturated heterocycles. The summed E-state index contributed by atoms with van der Waals surface area (Å²) >= 11 is 1.15. The van der Waals surface area contributed by atoms with E-state index in [1.54, 1.807) is 0 Å². The zero-order chi connectivity index (χ0) is 15.6. The highest BCUT2D eigenvalue weighted by Crippen LogP contribution is 2.29. The van der Waals surface area contributed by atoms with Gasteiger partial charge < -0.3 is 9.15 Å². The molecule has 0 aliphatic carbocycles. The summed E-state index contributed by atoms with van der Waals surface area (Å²) < 4.78 is 12.1. The van der Waals surface area contributed by atoms with Crippen LogP contribution in [0.15, 0.2) is 9.64 Å². The maximum absolute atomic E-state index is 11.1. The predicted octanol–water partition coefficient (Wildman–Crippen LogP) is 2.40. The fourth-order valence-electron chi connectivity index (χ4n) is 2.02. The third-order valence-corrected chi connectivity index (χ3v) is 3.77. The summed E-state index contributed by atoms with van der Waals surface area (Å²) in [6.45, 7) is 8.01. The van der Waals surface area contributed by atoms with Gasteiger partial charge in [-0.3, -0.25) is 9.48 Å². The molecule has 0 spiro atoms. The van der Waals surface area contributed by atoms with Crippen molar-refractivity contribution in [3.05, 3.63) is 11.4 Å². The lowest BCUT2D eigenvalue weighted by atomic mass is 10.2. The van der Waals surface area contributed by atoms with E-state index in [1.807, 2.05) is 18.5 Å². The summed E-state index contributed by atoms with van der Waals surface area (Å²) in [6, 6.07) is 0.258. The molecule has 0 aliphatic heterocycles. The molecule has 2 aromatic heterocycles. The molecule has 0 unspecified atom stereocenters. The number of carbonyl (C=O) groups excluding carboxylic acids is 1. The average molecular weight is 310 g/mol. The fourth-order valence-corrected chi connectivity index (χ4v) is 2.62. The van der Waals surface area contributed by atoms with Gasteiger partial charge in [0.2, 0.25) is 0 Å². The Labute approximate surface area is 127 Å². The quantitative estimate of drug-likeness (QED) is 0.619. The van der Waals surface area contributed by atoms with Crippen molar-refractivity contribution in [2.75, 3.05) is 12.9 Å². The number of thioether (sulfide) groups is 1. The van der Waals surface area contributed by atoms with Crippen LogP contribution in [-0.4, -0.2) is 38.8 Å². The predicted molar refractivity (Wildman–Crippen MR) is 78.1 cm³/mol. The topological polar surface area (TPSA) is 83.0 Å². The summed E-state index contributed by atoms with van der Waals surface area (Å²) in [5, 5.41) is 12.8. The van der Waals surface area contributed by atoms with E-state index in [4.69, 9.17) is 4.42 Å². The molecule has 0 radical (unpaired) electrons. The minimum Gasteiger partial charge on any atom is -0.468 e. The van der Waals surface area contributed by atoms with Crippen molar-refractivity contribution in [3.63, 3.8) is 0 Å². The molecule has 114 valence electrons. The van der Waals surface area contributed by atoms with E-state index >= 15 is 0 Å². The van der Waals surface area contributed by atoms with Crippen molar-refractivity contribution in [2.24, 2.45) is 0 Å². The number of nitrogens with zero attached hydrogens (tertiary/aromatic N) is 4. The van der Waals surface area contributed by atoms with Crippen molar-refractivity contribution in [3.8, 4) is 11.5 Å². The van der Waals surface area contributed by atoms with Crippen LogP contribution in [0, 0.1) is 13.8 Å². The Morgan fingerprint density at radius 2 is 2.10 bits per heavy atom. The number of aromatic nitrogens is 4. The lowest BCUT2D eigenvalue weighted by molar-refractivity contribution is -0.137. The summed E-state index contributed by atoms with van der Waals surface area (Å²) in [7, 11) is 1.34. The second-order valence-corrected chi connectivity index (χ2v) is 5.75. The number of rotatable bonds is 5. The number of methoxy groups -OCH3 is 1. The van der Waals surface area contributed by atoms with Gasteiger partial charge in [-0.25, -0.2) is 0 Å². The molecule has 0 aromatic carbocycles. The molecular weight excluding hydrogens is 292 g/mol. The van der Waals surface area contributed by atoms with Gasteiger partial charge in [-0.15, -0.1) is 10.2 Å². The van der Waals surface area contributed by atoms with Gasteiger partial charge in [-0.05, 0) is 27.7 Å². The first-order valence-corrected chi connectivity index (χ1v) is 7.51. The first-order valence-electron chi connectivity index (χ1n) is 6.53. The Balaban J connectivity index is 2.24. The smallest absolute Gasteiger partial charge is 0.316 e. The lowest BCUT2D eigenvalue weighted by Gasteiger charge is -2.07. The van der Waals surface area contributed by atoms with Crippen LogP contribution in [0.4, 0.5) is 0 Å². The molecule has 8 heteroatoms. The molecule has 0 atom stereocenters. The van der Waals surface area contributed by atoms with Crippen LogP contribution in [0.5, 0.6) is 0 Å². The van der Waals surface area contributed by atoms with E-state index < -0.39 is 0 Å². The van der Waals surface area contributed by atoms with Crippen molar-refractivity contribution in [1.29, 1.82) is 0 Å². The Hall–Kier alpha value is -1.83. The van der Waals surface area contributed by atoms with E-state index in [0.717, 1.165) is 28.7 Å². The molecule has 0 N–H and O–H groups in total. The van der Waals surface area contributed by atoms with Gasteiger partial charge >= 0.3 is 5.97 Å². The van der Waals surface area contributed by atoms with Gasteiger partial charge in [-0.2, -0.15) is 5.10 Å². The van der Waals surface area contributed by atoms with E-state index in [-0.39, 0.29) is 17.8 Å². The number of hydrogen-bond donors (Lipinski definition) is 0. The maximum atomic E-state index is 11.1. The Bertz CT molecular complexity index is 648.